The van der Waals surface area contributed by atoms with Gasteiger partial charge in [-0.15, -0.1) is 0 Å². The fraction of sp³-hybridized carbons (Fsp3) is 0.0952. The van der Waals surface area contributed by atoms with Gasteiger partial charge < -0.3 is 4.42 Å². The number of nitrogens with zero attached hydrogens (tertiary/aromatic N) is 1. The summed E-state index contributed by atoms with van der Waals surface area (Å²) in [6, 6.07) is 14.3. The Morgan fingerprint density at radius 1 is 1.00 bits per heavy atom. The van der Waals surface area contributed by atoms with Crippen molar-refractivity contribution in [1.82, 2.24) is 0 Å². The maximum atomic E-state index is 12.5. The average molecular weight is 377 g/mol. The molecule has 1 aliphatic heterocycles. The first-order chi connectivity index (χ1) is 13.0. The number of allylic oxidation sites excluding steroid dienone is 1. The van der Waals surface area contributed by atoms with Crippen LogP contribution in [0.2, 0.25) is 0 Å². The number of furan rings is 1. The van der Waals surface area contributed by atoms with Crippen molar-refractivity contribution in [2.24, 2.45) is 0 Å². The molecule has 0 spiro atoms. The third-order valence-electron chi connectivity index (χ3n) is 4.70. The molecule has 3 aromatic rings. The number of rotatable bonds is 3. The molecule has 0 saturated carbocycles. The molecule has 2 aromatic carbocycles. The summed E-state index contributed by atoms with van der Waals surface area (Å²) in [6.07, 6.45) is 1.74. The Kier molecular flexibility index (Phi) is 4.20. The molecule has 134 valence electrons. The number of hydrogen-bond donors (Lipinski definition) is 0. The van der Waals surface area contributed by atoms with E-state index in [1.54, 1.807) is 25.1 Å². The zero-order valence-electron chi connectivity index (χ0n) is 14.7. The maximum Gasteiger partial charge on any atom is 0.272 e. The Balaban J connectivity index is 1.67. The molecule has 5 nitrogen and oxygen atoms in total. The summed E-state index contributed by atoms with van der Waals surface area (Å²) in [5, 5.41) is 11.1. The molecule has 6 heteroatoms. The van der Waals surface area contributed by atoms with E-state index in [-0.39, 0.29) is 16.4 Å². The van der Waals surface area contributed by atoms with Crippen LogP contribution in [-0.4, -0.2) is 10.7 Å². The van der Waals surface area contributed by atoms with Gasteiger partial charge in [0.05, 0.1) is 9.83 Å². The molecule has 2 heterocycles. The van der Waals surface area contributed by atoms with Gasteiger partial charge in [0.25, 0.3) is 5.69 Å². The second-order valence-electron chi connectivity index (χ2n) is 6.28. The molecule has 1 aromatic heterocycles. The minimum absolute atomic E-state index is 0.00379. The molecule has 0 bridgehead atoms. The van der Waals surface area contributed by atoms with Crippen molar-refractivity contribution in [3.8, 4) is 11.3 Å². The number of thioether (sulfide) groups is 1. The molecule has 0 N–H and O–H groups in total. The molecular formula is C21H15NO4S. The van der Waals surface area contributed by atoms with Crippen molar-refractivity contribution in [2.45, 2.75) is 18.7 Å². The fourth-order valence-corrected chi connectivity index (χ4v) is 4.14. The zero-order valence-corrected chi connectivity index (χ0v) is 15.5. The lowest BCUT2D eigenvalue weighted by Crippen LogP contribution is -1.95. The lowest BCUT2D eigenvalue weighted by molar-refractivity contribution is -0.385. The highest BCUT2D eigenvalue weighted by molar-refractivity contribution is 8.04. The highest BCUT2D eigenvalue weighted by Gasteiger charge is 2.25. The molecule has 0 atom stereocenters. The summed E-state index contributed by atoms with van der Waals surface area (Å²) in [6.45, 7) is 3.57. The normalized spacial score (nSPS) is 14.6. The monoisotopic (exact) mass is 377 g/mol. The number of fused-ring (bicyclic) bond motifs is 1. The predicted molar refractivity (Wildman–Crippen MR) is 105 cm³/mol. The summed E-state index contributed by atoms with van der Waals surface area (Å²) >= 11 is 1.43. The number of benzene rings is 2. The van der Waals surface area contributed by atoms with Gasteiger partial charge in [-0.05, 0) is 55.8 Å². The van der Waals surface area contributed by atoms with Gasteiger partial charge in [-0.2, -0.15) is 0 Å². The van der Waals surface area contributed by atoms with E-state index >= 15 is 0 Å². The van der Waals surface area contributed by atoms with E-state index in [9.17, 15) is 14.9 Å². The van der Waals surface area contributed by atoms with Crippen LogP contribution in [0.15, 0.2) is 62.7 Å². The zero-order chi connectivity index (χ0) is 19.1. The summed E-state index contributed by atoms with van der Waals surface area (Å²) in [4.78, 5) is 24.7. The number of hydrogen-bond acceptors (Lipinski definition) is 5. The van der Waals surface area contributed by atoms with E-state index in [0.29, 0.717) is 27.6 Å². The SMILES string of the molecule is Cc1c(-c2ccc(/C=C3\Sc4ccccc4C3=O)o2)ccc([N+](=O)[O-])c1C. The van der Waals surface area contributed by atoms with Crippen molar-refractivity contribution < 1.29 is 14.1 Å². The van der Waals surface area contributed by atoms with E-state index in [1.165, 1.54) is 17.8 Å². The number of Topliss-reactive ketones (excluding diaryl/α,β-unsaturated/α-hetero) is 1. The number of ketones is 1. The van der Waals surface area contributed by atoms with Crippen LogP contribution in [0, 0.1) is 24.0 Å². The number of nitro benzene ring substituents is 1. The Morgan fingerprint density at radius 3 is 2.52 bits per heavy atom. The van der Waals surface area contributed by atoms with Gasteiger partial charge in [0, 0.05) is 27.7 Å². The van der Waals surface area contributed by atoms with E-state index < -0.39 is 0 Å². The van der Waals surface area contributed by atoms with Gasteiger partial charge in [0.15, 0.2) is 0 Å². The lowest BCUT2D eigenvalue weighted by atomic mass is 10.00. The van der Waals surface area contributed by atoms with Crippen molar-refractivity contribution in [2.75, 3.05) is 0 Å². The van der Waals surface area contributed by atoms with Gasteiger partial charge >= 0.3 is 0 Å². The molecule has 0 saturated heterocycles. The van der Waals surface area contributed by atoms with Crippen LogP contribution in [0.1, 0.15) is 27.2 Å². The molecule has 4 rings (SSSR count). The van der Waals surface area contributed by atoms with Crippen molar-refractivity contribution in [3.05, 3.63) is 86.0 Å². The first-order valence-corrected chi connectivity index (χ1v) is 9.15. The topological polar surface area (TPSA) is 73.3 Å². The summed E-state index contributed by atoms with van der Waals surface area (Å²) in [5.74, 6) is 1.19. The maximum absolute atomic E-state index is 12.5. The Hall–Kier alpha value is -3.12. The van der Waals surface area contributed by atoms with Crippen LogP contribution in [0.5, 0.6) is 0 Å². The molecule has 27 heavy (non-hydrogen) atoms. The average Bonchev–Trinajstić information content (AvgIpc) is 3.23. The largest absolute Gasteiger partial charge is 0.457 e. The Bertz CT molecular complexity index is 1130. The summed E-state index contributed by atoms with van der Waals surface area (Å²) in [7, 11) is 0. The number of carbonyl (C=O) groups excluding carboxylic acids is 1. The molecule has 1 aliphatic rings. The van der Waals surface area contributed by atoms with E-state index in [4.69, 9.17) is 4.42 Å². The van der Waals surface area contributed by atoms with Gasteiger partial charge in [0.2, 0.25) is 5.78 Å². The number of carbonyl (C=O) groups is 1. The van der Waals surface area contributed by atoms with Crippen LogP contribution in [0.3, 0.4) is 0 Å². The minimum Gasteiger partial charge on any atom is -0.457 e. The smallest absolute Gasteiger partial charge is 0.272 e. The summed E-state index contributed by atoms with van der Waals surface area (Å²) < 4.78 is 5.90. The third kappa shape index (κ3) is 2.98. The van der Waals surface area contributed by atoms with E-state index in [2.05, 4.69) is 0 Å². The third-order valence-corrected chi connectivity index (χ3v) is 5.80. The van der Waals surface area contributed by atoms with E-state index in [1.807, 2.05) is 37.3 Å². The quantitative estimate of drug-likeness (QED) is 0.327. The first kappa shape index (κ1) is 17.3. The molecule has 0 unspecified atom stereocenters. The van der Waals surface area contributed by atoms with E-state index in [0.717, 1.165) is 16.0 Å². The minimum atomic E-state index is -0.384. The molecule has 0 amide bonds. The Labute approximate surface area is 159 Å². The lowest BCUT2D eigenvalue weighted by Gasteiger charge is -2.06. The molecular weight excluding hydrogens is 362 g/mol. The standard InChI is InChI=1S/C21H15NO4S/c1-12-13(2)17(22(24)25)9-8-15(12)18-10-7-14(26-18)11-20-21(23)16-5-3-4-6-19(16)27-20/h3-11H,1-2H3/b20-11-. The second kappa shape index (κ2) is 6.55. The fourth-order valence-electron chi connectivity index (χ4n) is 3.11. The molecule has 0 radical (unpaired) electrons. The van der Waals surface area contributed by atoms with Crippen molar-refractivity contribution >= 4 is 29.3 Å². The van der Waals surface area contributed by atoms with Crippen molar-refractivity contribution in [3.63, 3.8) is 0 Å². The van der Waals surface area contributed by atoms with Gasteiger partial charge in [-0.1, -0.05) is 23.9 Å². The van der Waals surface area contributed by atoms with Crippen LogP contribution in [0.4, 0.5) is 5.69 Å². The van der Waals surface area contributed by atoms with Gasteiger partial charge in [0.1, 0.15) is 11.5 Å². The Morgan fingerprint density at radius 2 is 1.78 bits per heavy atom. The van der Waals surface area contributed by atoms with Crippen LogP contribution in [-0.2, 0) is 0 Å². The highest BCUT2D eigenvalue weighted by atomic mass is 32.2. The van der Waals surface area contributed by atoms with Crippen LogP contribution < -0.4 is 0 Å². The summed E-state index contributed by atoms with van der Waals surface area (Å²) in [5.41, 5.74) is 3.02. The van der Waals surface area contributed by atoms with Crippen molar-refractivity contribution in [1.29, 1.82) is 0 Å². The highest BCUT2D eigenvalue weighted by Crippen LogP contribution is 2.41. The van der Waals surface area contributed by atoms with Gasteiger partial charge in [-0.25, -0.2) is 0 Å². The molecule has 0 aliphatic carbocycles. The number of nitro groups is 1. The van der Waals surface area contributed by atoms with Gasteiger partial charge in [-0.3, -0.25) is 14.9 Å². The van der Waals surface area contributed by atoms with Crippen LogP contribution in [0.25, 0.3) is 17.4 Å². The second-order valence-corrected chi connectivity index (χ2v) is 7.36. The predicted octanol–water partition coefficient (Wildman–Crippen LogP) is 5.80. The van der Waals surface area contributed by atoms with Crippen LogP contribution >= 0.6 is 11.8 Å². The molecule has 0 fully saturated rings. The first-order valence-electron chi connectivity index (χ1n) is 8.34.